The van der Waals surface area contributed by atoms with E-state index in [-0.39, 0.29) is 35.5 Å². The number of carbonyl (C=O) groups excluding carboxylic acids is 1. The number of amidine groups is 1. The van der Waals surface area contributed by atoms with E-state index >= 15 is 0 Å². The number of alkyl halides is 2. The van der Waals surface area contributed by atoms with Gasteiger partial charge >= 0.3 is 0 Å². The van der Waals surface area contributed by atoms with Crippen LogP contribution < -0.4 is 5.32 Å². The van der Waals surface area contributed by atoms with Gasteiger partial charge < -0.3 is 5.32 Å². The number of hydrogen-bond donors (Lipinski definition) is 1. The molecule has 3 nitrogen and oxygen atoms in total. The predicted molar refractivity (Wildman–Crippen MR) is 71.4 cm³/mol. The maximum atomic E-state index is 13.4. The Bertz CT molecular complexity index is 438. The zero-order valence-electron chi connectivity index (χ0n) is 11.0. The maximum absolute atomic E-state index is 13.4. The molecule has 106 valence electrons. The molecule has 4 unspecified atom stereocenters. The van der Waals surface area contributed by atoms with Crippen LogP contribution in [0.4, 0.5) is 8.78 Å². The van der Waals surface area contributed by atoms with Gasteiger partial charge in [0.25, 0.3) is 11.8 Å². The topological polar surface area (TPSA) is 41.5 Å². The minimum atomic E-state index is -2.48. The van der Waals surface area contributed by atoms with Crippen molar-refractivity contribution >= 4 is 22.8 Å². The third-order valence-corrected chi connectivity index (χ3v) is 5.87. The number of rotatable bonds is 2. The summed E-state index contributed by atoms with van der Waals surface area (Å²) in [6.45, 7) is 3.98. The summed E-state index contributed by atoms with van der Waals surface area (Å²) in [5, 5.41) is 3.73. The minimum absolute atomic E-state index is 0.0190. The highest BCUT2D eigenvalue weighted by Gasteiger charge is 2.57. The lowest BCUT2D eigenvalue weighted by molar-refractivity contribution is -0.117. The van der Waals surface area contributed by atoms with Crippen molar-refractivity contribution in [2.24, 2.45) is 22.7 Å². The molecule has 0 aromatic carbocycles. The molecule has 0 aromatic heterocycles. The van der Waals surface area contributed by atoms with Crippen LogP contribution in [-0.2, 0) is 4.79 Å². The third kappa shape index (κ3) is 2.28. The average molecular weight is 288 g/mol. The van der Waals surface area contributed by atoms with E-state index in [1.165, 1.54) is 11.8 Å². The number of aliphatic imine (C=N–C) groups is 1. The molecule has 2 saturated carbocycles. The molecule has 0 radical (unpaired) electrons. The quantitative estimate of drug-likeness (QED) is 0.849. The van der Waals surface area contributed by atoms with Crippen LogP contribution in [0.1, 0.15) is 33.1 Å². The van der Waals surface area contributed by atoms with Crippen molar-refractivity contribution in [1.82, 2.24) is 5.32 Å². The van der Waals surface area contributed by atoms with Crippen LogP contribution in [0.2, 0.25) is 0 Å². The Morgan fingerprint density at radius 3 is 2.63 bits per heavy atom. The summed E-state index contributed by atoms with van der Waals surface area (Å²) in [6, 6.07) is 0.0644. The van der Waals surface area contributed by atoms with Gasteiger partial charge in [0.2, 0.25) is 0 Å². The number of nitrogens with zero attached hydrogens (tertiary/aromatic N) is 1. The molecular weight excluding hydrogens is 270 g/mol. The normalized spacial score (nSPS) is 40.1. The molecule has 1 heterocycles. The number of halogens is 2. The van der Waals surface area contributed by atoms with Gasteiger partial charge in [-0.05, 0) is 24.7 Å². The van der Waals surface area contributed by atoms with E-state index < -0.39 is 11.8 Å². The number of carbonyl (C=O) groups is 1. The first-order valence-electron chi connectivity index (χ1n) is 6.80. The fourth-order valence-electron chi connectivity index (χ4n) is 3.40. The number of nitrogens with one attached hydrogen (secondary N) is 1. The van der Waals surface area contributed by atoms with Crippen molar-refractivity contribution in [3.63, 3.8) is 0 Å². The summed E-state index contributed by atoms with van der Waals surface area (Å²) in [5.41, 5.74) is 0. The van der Waals surface area contributed by atoms with Gasteiger partial charge in [0.05, 0.1) is 5.25 Å². The highest BCUT2D eigenvalue weighted by atomic mass is 32.2. The van der Waals surface area contributed by atoms with Gasteiger partial charge in [0, 0.05) is 18.4 Å². The SMILES string of the molecule is CC(C)C1SC(NC2CC3CC2CC3(F)F)=NC1=O. The standard InChI is InChI=1S/C13H18F2N2OS/c1-6(2)10-11(18)17-12(19-10)16-9-4-8-3-7(9)5-13(8,14)15/h6-10H,3-5H2,1-2H3,(H,16,17,18). The predicted octanol–water partition coefficient (Wildman–Crippen LogP) is 2.66. The lowest BCUT2D eigenvalue weighted by atomic mass is 9.92. The molecular formula is C13H18F2N2OS. The Kier molecular flexibility index (Phi) is 3.11. The monoisotopic (exact) mass is 288 g/mol. The van der Waals surface area contributed by atoms with Crippen molar-refractivity contribution in [3.05, 3.63) is 0 Å². The second kappa shape index (κ2) is 4.43. The first-order valence-corrected chi connectivity index (χ1v) is 7.68. The molecule has 6 heteroatoms. The number of fused-ring (bicyclic) bond motifs is 2. The van der Waals surface area contributed by atoms with Crippen LogP contribution >= 0.6 is 11.8 Å². The second-order valence-electron chi connectivity index (χ2n) is 6.18. The van der Waals surface area contributed by atoms with E-state index in [1.807, 2.05) is 13.8 Å². The van der Waals surface area contributed by atoms with E-state index in [0.717, 1.165) is 0 Å². The van der Waals surface area contributed by atoms with Crippen molar-refractivity contribution in [2.45, 2.75) is 50.3 Å². The summed E-state index contributed by atoms with van der Waals surface area (Å²) in [5.74, 6) is -2.81. The largest absolute Gasteiger partial charge is 0.361 e. The summed E-state index contributed by atoms with van der Waals surface area (Å²) in [6.07, 6.45) is 1.08. The molecule has 2 fully saturated rings. The van der Waals surface area contributed by atoms with Gasteiger partial charge in [-0.25, -0.2) is 8.78 Å². The fraction of sp³-hybridized carbons (Fsp3) is 0.846. The van der Waals surface area contributed by atoms with E-state index in [0.29, 0.717) is 18.0 Å². The lowest BCUT2D eigenvalue weighted by Gasteiger charge is -2.28. The Morgan fingerprint density at radius 1 is 1.42 bits per heavy atom. The van der Waals surface area contributed by atoms with Crippen LogP contribution in [0.5, 0.6) is 0 Å². The molecule has 0 spiro atoms. The zero-order valence-corrected chi connectivity index (χ0v) is 11.8. The van der Waals surface area contributed by atoms with Crippen LogP contribution in [-0.4, -0.2) is 28.3 Å². The van der Waals surface area contributed by atoms with Crippen LogP contribution in [0.15, 0.2) is 4.99 Å². The van der Waals surface area contributed by atoms with Gasteiger partial charge in [-0.1, -0.05) is 25.6 Å². The molecule has 4 atom stereocenters. The van der Waals surface area contributed by atoms with Gasteiger partial charge in [-0.15, -0.1) is 0 Å². The molecule has 2 bridgehead atoms. The number of thioether (sulfide) groups is 1. The summed E-state index contributed by atoms with van der Waals surface area (Å²) < 4.78 is 26.9. The fourth-order valence-corrected chi connectivity index (χ4v) is 4.42. The van der Waals surface area contributed by atoms with Crippen molar-refractivity contribution < 1.29 is 13.6 Å². The molecule has 1 N–H and O–H groups in total. The van der Waals surface area contributed by atoms with Gasteiger partial charge in [0.15, 0.2) is 5.17 Å². The molecule has 3 rings (SSSR count). The van der Waals surface area contributed by atoms with Crippen LogP contribution in [0, 0.1) is 17.8 Å². The first kappa shape index (κ1) is 13.3. The first-order chi connectivity index (χ1) is 8.87. The van der Waals surface area contributed by atoms with Gasteiger partial charge in [-0.2, -0.15) is 4.99 Å². The Hall–Kier alpha value is -0.650. The lowest BCUT2D eigenvalue weighted by Crippen LogP contribution is -2.41. The summed E-state index contributed by atoms with van der Waals surface area (Å²) >= 11 is 1.44. The van der Waals surface area contributed by atoms with E-state index in [9.17, 15) is 13.6 Å². The van der Waals surface area contributed by atoms with Crippen LogP contribution in [0.3, 0.4) is 0 Å². The minimum Gasteiger partial charge on any atom is -0.361 e. The smallest absolute Gasteiger partial charge is 0.261 e. The number of hydrogen-bond acceptors (Lipinski definition) is 3. The zero-order chi connectivity index (χ0) is 13.8. The molecule has 0 saturated heterocycles. The third-order valence-electron chi connectivity index (χ3n) is 4.43. The molecule has 3 aliphatic rings. The van der Waals surface area contributed by atoms with Crippen molar-refractivity contribution in [1.29, 1.82) is 0 Å². The van der Waals surface area contributed by atoms with E-state index in [1.54, 1.807) is 0 Å². The molecule has 2 aliphatic carbocycles. The van der Waals surface area contributed by atoms with Crippen molar-refractivity contribution in [3.8, 4) is 0 Å². The van der Waals surface area contributed by atoms with Gasteiger partial charge in [-0.3, -0.25) is 4.79 Å². The number of amides is 1. The Labute approximate surface area is 115 Å². The van der Waals surface area contributed by atoms with E-state index in [2.05, 4.69) is 10.3 Å². The Morgan fingerprint density at radius 2 is 2.16 bits per heavy atom. The van der Waals surface area contributed by atoms with Crippen molar-refractivity contribution in [2.75, 3.05) is 0 Å². The molecule has 19 heavy (non-hydrogen) atoms. The summed E-state index contributed by atoms with van der Waals surface area (Å²) in [4.78, 5) is 15.7. The van der Waals surface area contributed by atoms with Gasteiger partial charge in [0.1, 0.15) is 0 Å². The highest BCUT2D eigenvalue weighted by molar-refractivity contribution is 8.15. The maximum Gasteiger partial charge on any atom is 0.261 e. The Balaban J connectivity index is 1.60. The van der Waals surface area contributed by atoms with E-state index in [4.69, 9.17) is 0 Å². The second-order valence-corrected chi connectivity index (χ2v) is 7.31. The van der Waals surface area contributed by atoms with Crippen LogP contribution in [0.25, 0.3) is 0 Å². The molecule has 1 amide bonds. The highest BCUT2D eigenvalue weighted by Crippen LogP contribution is 2.53. The molecule has 0 aromatic rings. The summed E-state index contributed by atoms with van der Waals surface area (Å²) in [7, 11) is 0. The molecule has 1 aliphatic heterocycles. The average Bonchev–Trinajstić information content (AvgIpc) is 2.91.